The summed E-state index contributed by atoms with van der Waals surface area (Å²) in [5.74, 6) is 0.533. The first-order chi connectivity index (χ1) is 16.6. The van der Waals surface area contributed by atoms with Gasteiger partial charge in [0.05, 0.1) is 18.2 Å². The van der Waals surface area contributed by atoms with Crippen molar-refractivity contribution in [3.8, 4) is 5.88 Å². The summed E-state index contributed by atoms with van der Waals surface area (Å²) in [6.07, 6.45) is 6.93. The molecule has 1 unspecified atom stereocenters. The topological polar surface area (TPSA) is 117 Å². The predicted octanol–water partition coefficient (Wildman–Crippen LogP) is 3.03. The number of aromatic nitrogens is 2. The van der Waals surface area contributed by atoms with Crippen molar-refractivity contribution in [1.82, 2.24) is 14.9 Å². The number of aliphatic carboxylic acids is 1. The third-order valence-corrected chi connectivity index (χ3v) is 6.95. The second-order valence-corrected chi connectivity index (χ2v) is 9.26. The van der Waals surface area contributed by atoms with E-state index in [4.69, 9.17) is 9.72 Å². The number of anilines is 2. The van der Waals surface area contributed by atoms with Crippen molar-refractivity contribution in [3.63, 3.8) is 0 Å². The van der Waals surface area contributed by atoms with Gasteiger partial charge in [-0.25, -0.2) is 9.97 Å². The van der Waals surface area contributed by atoms with Crippen LogP contribution in [0, 0.1) is 5.92 Å². The first-order valence-corrected chi connectivity index (χ1v) is 12.2. The number of rotatable bonds is 8. The van der Waals surface area contributed by atoms with Gasteiger partial charge in [0.15, 0.2) is 0 Å². The number of likely N-dealkylation sites (tertiary alicyclic amines) is 1. The van der Waals surface area contributed by atoms with E-state index in [9.17, 15) is 14.7 Å². The Balaban J connectivity index is 1.22. The molecule has 2 atom stereocenters. The Morgan fingerprint density at radius 3 is 3.09 bits per heavy atom. The Morgan fingerprint density at radius 1 is 1.29 bits per heavy atom. The minimum Gasteiger partial charge on any atom is -0.481 e. The van der Waals surface area contributed by atoms with E-state index in [0.29, 0.717) is 25.6 Å². The Morgan fingerprint density at radius 2 is 2.21 bits per heavy atom. The monoisotopic (exact) mass is 465 g/mol. The summed E-state index contributed by atoms with van der Waals surface area (Å²) in [5.41, 5.74) is 3.79. The summed E-state index contributed by atoms with van der Waals surface area (Å²) in [6, 6.07) is 5.59. The molecule has 1 saturated heterocycles. The number of nitrogens with one attached hydrogen (secondary N) is 2. The highest BCUT2D eigenvalue weighted by atomic mass is 16.5. The summed E-state index contributed by atoms with van der Waals surface area (Å²) >= 11 is 0. The van der Waals surface area contributed by atoms with Gasteiger partial charge in [-0.05, 0) is 61.8 Å². The molecule has 180 valence electrons. The summed E-state index contributed by atoms with van der Waals surface area (Å²) in [7, 11) is 0. The summed E-state index contributed by atoms with van der Waals surface area (Å²) in [5, 5.41) is 16.1. The number of amides is 1. The van der Waals surface area contributed by atoms with Crippen molar-refractivity contribution in [3.05, 3.63) is 41.2 Å². The minimum atomic E-state index is -0.935. The Kier molecular flexibility index (Phi) is 6.51. The highest BCUT2D eigenvalue weighted by Gasteiger charge is 2.37. The van der Waals surface area contributed by atoms with Gasteiger partial charge in [0, 0.05) is 37.4 Å². The van der Waals surface area contributed by atoms with Gasteiger partial charge in [-0.2, -0.15) is 0 Å². The highest BCUT2D eigenvalue weighted by molar-refractivity contribution is 5.82. The van der Waals surface area contributed by atoms with Crippen molar-refractivity contribution >= 4 is 23.4 Å². The fourth-order valence-electron chi connectivity index (χ4n) is 5.18. The standard InChI is InChI=1S/C25H31N5O4/c31-22(32)14-21(18-13-20-24(28-15-18)34-12-10-26-20)30-11-8-17(25(30)33)3-1-5-19-7-6-16-4-2-9-27-23(16)29-19/h6-7,13,15,17,21,26H,1-5,8-12,14H2,(H,27,29)(H,31,32)/t17?,21-/m0/s1. The van der Waals surface area contributed by atoms with E-state index in [1.165, 1.54) is 5.56 Å². The molecule has 2 aromatic heterocycles. The van der Waals surface area contributed by atoms with Gasteiger partial charge in [-0.15, -0.1) is 0 Å². The average Bonchev–Trinajstić information content (AvgIpc) is 3.22. The minimum absolute atomic E-state index is 0.0354. The van der Waals surface area contributed by atoms with Crippen LogP contribution in [-0.2, 0) is 22.4 Å². The maximum absolute atomic E-state index is 13.3. The van der Waals surface area contributed by atoms with Crippen LogP contribution >= 0.6 is 0 Å². The Bertz CT molecular complexity index is 1080. The van der Waals surface area contributed by atoms with Crippen LogP contribution in [0.3, 0.4) is 0 Å². The van der Waals surface area contributed by atoms with Crippen LogP contribution in [0.25, 0.3) is 0 Å². The number of fused-ring (bicyclic) bond motifs is 2. The lowest BCUT2D eigenvalue weighted by Gasteiger charge is -2.28. The first-order valence-electron chi connectivity index (χ1n) is 12.2. The van der Waals surface area contributed by atoms with Crippen molar-refractivity contribution in [2.24, 2.45) is 5.92 Å². The molecule has 34 heavy (non-hydrogen) atoms. The van der Waals surface area contributed by atoms with E-state index < -0.39 is 12.0 Å². The van der Waals surface area contributed by atoms with Crippen LogP contribution in [0.2, 0.25) is 0 Å². The van der Waals surface area contributed by atoms with E-state index >= 15 is 0 Å². The number of carbonyl (C=O) groups excluding carboxylic acids is 1. The predicted molar refractivity (Wildman–Crippen MR) is 127 cm³/mol. The molecule has 3 aliphatic heterocycles. The number of hydrogen-bond donors (Lipinski definition) is 3. The SMILES string of the molecule is O=C(O)C[C@@H](c1cnc2c(c1)NCCO2)N1CCC(CCCc2ccc3c(n2)NCCC3)C1=O. The van der Waals surface area contributed by atoms with E-state index in [2.05, 4.69) is 27.8 Å². The van der Waals surface area contributed by atoms with Crippen LogP contribution in [0.15, 0.2) is 24.4 Å². The number of nitrogens with zero attached hydrogens (tertiary/aromatic N) is 3. The van der Waals surface area contributed by atoms with E-state index in [1.54, 1.807) is 11.1 Å². The number of carboxylic acids is 1. The Hall–Kier alpha value is -3.36. The summed E-state index contributed by atoms with van der Waals surface area (Å²) in [4.78, 5) is 35.7. The number of aryl methyl sites for hydroxylation is 2. The van der Waals surface area contributed by atoms with Gasteiger partial charge in [0.2, 0.25) is 11.8 Å². The molecule has 0 aliphatic carbocycles. The second kappa shape index (κ2) is 9.87. The fraction of sp³-hybridized carbons (Fsp3) is 0.520. The molecular weight excluding hydrogens is 434 g/mol. The lowest BCUT2D eigenvalue weighted by molar-refractivity contribution is -0.140. The maximum Gasteiger partial charge on any atom is 0.305 e. The lowest BCUT2D eigenvalue weighted by Crippen LogP contribution is -2.33. The molecule has 0 radical (unpaired) electrons. The molecule has 3 N–H and O–H groups in total. The quantitative estimate of drug-likeness (QED) is 0.545. The van der Waals surface area contributed by atoms with Crippen LogP contribution < -0.4 is 15.4 Å². The molecule has 1 amide bonds. The first kappa shape index (κ1) is 22.4. The molecule has 3 aliphatic rings. The molecule has 1 fully saturated rings. The molecule has 0 saturated carbocycles. The number of ether oxygens (including phenoxy) is 1. The maximum atomic E-state index is 13.3. The van der Waals surface area contributed by atoms with Gasteiger partial charge in [-0.3, -0.25) is 9.59 Å². The van der Waals surface area contributed by atoms with Crippen LogP contribution in [-0.4, -0.2) is 58.1 Å². The van der Waals surface area contributed by atoms with Crippen LogP contribution in [0.5, 0.6) is 5.88 Å². The normalized spacial score (nSPS) is 19.9. The van der Waals surface area contributed by atoms with E-state index in [-0.39, 0.29) is 18.2 Å². The Labute approximate surface area is 198 Å². The second-order valence-electron chi connectivity index (χ2n) is 9.26. The molecule has 0 bridgehead atoms. The van der Waals surface area contributed by atoms with Gasteiger partial charge in [0.25, 0.3) is 0 Å². The van der Waals surface area contributed by atoms with Crippen LogP contribution in [0.1, 0.15) is 55.0 Å². The highest BCUT2D eigenvalue weighted by Crippen LogP contribution is 2.36. The van der Waals surface area contributed by atoms with Gasteiger partial charge >= 0.3 is 5.97 Å². The summed E-state index contributed by atoms with van der Waals surface area (Å²) < 4.78 is 5.53. The third kappa shape index (κ3) is 4.78. The van der Waals surface area contributed by atoms with Gasteiger partial charge < -0.3 is 25.4 Å². The average molecular weight is 466 g/mol. The van der Waals surface area contributed by atoms with Crippen molar-refractivity contribution in [1.29, 1.82) is 0 Å². The van der Waals surface area contributed by atoms with Gasteiger partial charge in [-0.1, -0.05) is 6.07 Å². The zero-order chi connectivity index (χ0) is 23.5. The lowest BCUT2D eigenvalue weighted by atomic mass is 9.98. The largest absolute Gasteiger partial charge is 0.481 e. The zero-order valence-corrected chi connectivity index (χ0v) is 19.3. The molecule has 5 heterocycles. The molecule has 5 rings (SSSR count). The number of pyridine rings is 2. The molecule has 0 spiro atoms. The zero-order valence-electron chi connectivity index (χ0n) is 19.3. The third-order valence-electron chi connectivity index (χ3n) is 6.95. The van der Waals surface area contributed by atoms with Gasteiger partial charge in [0.1, 0.15) is 12.4 Å². The number of hydrogen-bond acceptors (Lipinski definition) is 7. The number of carbonyl (C=O) groups is 2. The van der Waals surface area contributed by atoms with Crippen molar-refractivity contribution in [2.75, 3.05) is 36.9 Å². The molecule has 9 nitrogen and oxygen atoms in total. The van der Waals surface area contributed by atoms with E-state index in [0.717, 1.165) is 67.8 Å². The molecule has 0 aromatic carbocycles. The number of carboxylic acid groups (broad SMARTS) is 1. The summed E-state index contributed by atoms with van der Waals surface area (Å²) in [6.45, 7) is 2.74. The van der Waals surface area contributed by atoms with Crippen molar-refractivity contribution < 1.29 is 19.4 Å². The van der Waals surface area contributed by atoms with Crippen molar-refractivity contribution in [2.45, 2.75) is 51.0 Å². The van der Waals surface area contributed by atoms with E-state index in [1.807, 2.05) is 6.07 Å². The smallest absolute Gasteiger partial charge is 0.305 e. The fourth-order valence-corrected chi connectivity index (χ4v) is 5.18. The van der Waals surface area contributed by atoms with Crippen LogP contribution in [0.4, 0.5) is 11.5 Å². The molecule has 9 heteroatoms. The molecular formula is C25H31N5O4. The molecule has 2 aromatic rings.